The van der Waals surface area contributed by atoms with E-state index in [-0.39, 0.29) is 0 Å². The second kappa shape index (κ2) is 4.39. The van der Waals surface area contributed by atoms with E-state index in [9.17, 15) is 0 Å². The molecule has 0 bridgehead atoms. The van der Waals surface area contributed by atoms with E-state index < -0.39 is 0 Å². The van der Waals surface area contributed by atoms with Crippen molar-refractivity contribution in [3.63, 3.8) is 0 Å². The summed E-state index contributed by atoms with van der Waals surface area (Å²) >= 11 is 0. The zero-order valence-corrected chi connectivity index (χ0v) is 8.22. The maximum atomic E-state index is 5.56. The predicted octanol–water partition coefficient (Wildman–Crippen LogP) is 2.70. The van der Waals surface area contributed by atoms with Crippen LogP contribution in [0.5, 0.6) is 0 Å². The minimum absolute atomic E-state index is 0.510. The van der Waals surface area contributed by atoms with E-state index in [4.69, 9.17) is 9.47 Å². The van der Waals surface area contributed by atoms with Crippen LogP contribution in [-0.4, -0.2) is 13.2 Å². The lowest BCUT2D eigenvalue weighted by atomic mass is 10.0. The first kappa shape index (κ1) is 9.43. The molecular weight excluding hydrogens is 152 g/mol. The molecule has 0 saturated carbocycles. The Hall–Kier alpha value is -0.660. The Labute approximate surface area is 74.6 Å². The quantitative estimate of drug-likeness (QED) is 0.648. The normalized spacial score (nSPS) is 19.9. The molecule has 1 aliphatic heterocycles. The van der Waals surface area contributed by atoms with E-state index in [0.29, 0.717) is 19.1 Å². The maximum Gasteiger partial charge on any atom is 0.136 e. The maximum absolute atomic E-state index is 5.56. The van der Waals surface area contributed by atoms with E-state index in [1.165, 1.54) is 12.8 Å². The average Bonchev–Trinajstić information content (AvgIpc) is 2.05. The van der Waals surface area contributed by atoms with Crippen LogP contribution >= 0.6 is 0 Å². The van der Waals surface area contributed by atoms with Gasteiger partial charge in [0.1, 0.15) is 24.7 Å². The monoisotopic (exact) mass is 170 g/mol. The van der Waals surface area contributed by atoms with Crippen molar-refractivity contribution >= 4 is 0 Å². The van der Waals surface area contributed by atoms with Gasteiger partial charge < -0.3 is 9.47 Å². The third-order valence-electron chi connectivity index (χ3n) is 2.18. The Bertz CT molecular complexity index is 173. The fourth-order valence-corrected chi connectivity index (χ4v) is 1.57. The topological polar surface area (TPSA) is 18.5 Å². The van der Waals surface area contributed by atoms with Crippen LogP contribution in [-0.2, 0) is 9.47 Å². The van der Waals surface area contributed by atoms with Crippen LogP contribution in [0.2, 0.25) is 0 Å². The van der Waals surface area contributed by atoms with Gasteiger partial charge in [-0.1, -0.05) is 20.3 Å². The number of ether oxygens (including phenoxy) is 2. The Kier molecular flexibility index (Phi) is 3.45. The van der Waals surface area contributed by atoms with Crippen molar-refractivity contribution in [3.05, 3.63) is 11.5 Å². The molecule has 1 aliphatic rings. The third kappa shape index (κ3) is 2.16. The van der Waals surface area contributed by atoms with Gasteiger partial charge in [0.25, 0.3) is 0 Å². The molecule has 70 valence electrons. The fourth-order valence-electron chi connectivity index (χ4n) is 1.57. The molecular formula is C10H18O2. The minimum atomic E-state index is 0.510. The third-order valence-corrected chi connectivity index (χ3v) is 2.18. The van der Waals surface area contributed by atoms with Gasteiger partial charge in [-0.3, -0.25) is 0 Å². The molecule has 0 spiro atoms. The lowest BCUT2D eigenvalue weighted by Gasteiger charge is -2.24. The number of rotatable bonds is 3. The molecule has 2 heteroatoms. The van der Waals surface area contributed by atoms with Crippen LogP contribution in [0.4, 0.5) is 0 Å². The zero-order chi connectivity index (χ0) is 8.97. The van der Waals surface area contributed by atoms with Crippen molar-refractivity contribution in [2.45, 2.75) is 33.6 Å². The minimum Gasteiger partial charge on any atom is -0.491 e. The van der Waals surface area contributed by atoms with Gasteiger partial charge in [0.05, 0.1) is 0 Å². The molecule has 1 heterocycles. The van der Waals surface area contributed by atoms with Gasteiger partial charge in [-0.2, -0.15) is 0 Å². The molecule has 0 aromatic carbocycles. The molecule has 2 nitrogen and oxygen atoms in total. The van der Waals surface area contributed by atoms with Crippen LogP contribution in [0.1, 0.15) is 33.6 Å². The van der Waals surface area contributed by atoms with E-state index in [1.807, 2.05) is 6.92 Å². The van der Waals surface area contributed by atoms with Crippen LogP contribution in [0.15, 0.2) is 11.5 Å². The van der Waals surface area contributed by atoms with E-state index in [2.05, 4.69) is 13.8 Å². The Balaban J connectivity index is 2.57. The standard InChI is InChI=1S/C10H18O2/c1-4-5-8(2)10-9(3)11-6-7-12-10/h8H,4-7H2,1-3H3/t8-/m0/s1. The summed E-state index contributed by atoms with van der Waals surface area (Å²) in [5.74, 6) is 2.54. The predicted molar refractivity (Wildman–Crippen MR) is 48.7 cm³/mol. The van der Waals surface area contributed by atoms with Crippen LogP contribution in [0, 0.1) is 5.92 Å². The van der Waals surface area contributed by atoms with Gasteiger partial charge in [-0.25, -0.2) is 0 Å². The molecule has 0 aliphatic carbocycles. The lowest BCUT2D eigenvalue weighted by molar-refractivity contribution is 0.0471. The largest absolute Gasteiger partial charge is 0.491 e. The average molecular weight is 170 g/mol. The van der Waals surface area contributed by atoms with Gasteiger partial charge >= 0.3 is 0 Å². The van der Waals surface area contributed by atoms with Crippen molar-refractivity contribution in [2.24, 2.45) is 5.92 Å². The van der Waals surface area contributed by atoms with Crippen molar-refractivity contribution < 1.29 is 9.47 Å². The molecule has 12 heavy (non-hydrogen) atoms. The van der Waals surface area contributed by atoms with Gasteiger partial charge in [0.2, 0.25) is 0 Å². The first-order valence-corrected chi connectivity index (χ1v) is 4.72. The highest BCUT2D eigenvalue weighted by molar-refractivity contribution is 5.04. The van der Waals surface area contributed by atoms with Crippen molar-refractivity contribution in [2.75, 3.05) is 13.2 Å². The molecule has 1 atom stereocenters. The van der Waals surface area contributed by atoms with Crippen LogP contribution in [0.25, 0.3) is 0 Å². The van der Waals surface area contributed by atoms with Crippen molar-refractivity contribution in [3.8, 4) is 0 Å². The summed E-state index contributed by atoms with van der Waals surface area (Å²) in [4.78, 5) is 0. The second-order valence-electron chi connectivity index (χ2n) is 3.31. The molecule has 0 N–H and O–H groups in total. The second-order valence-corrected chi connectivity index (χ2v) is 3.31. The molecule has 0 amide bonds. The number of allylic oxidation sites excluding steroid dienone is 2. The van der Waals surface area contributed by atoms with Gasteiger partial charge in [0, 0.05) is 5.92 Å². The molecule has 0 saturated heterocycles. The molecule has 0 unspecified atom stereocenters. The SMILES string of the molecule is CCC[C@H](C)C1=C(C)OCCO1. The highest BCUT2D eigenvalue weighted by atomic mass is 16.6. The molecule has 0 aromatic rings. The van der Waals surface area contributed by atoms with Gasteiger partial charge in [-0.15, -0.1) is 0 Å². The Morgan fingerprint density at radius 2 is 2.00 bits per heavy atom. The highest BCUT2D eigenvalue weighted by Crippen LogP contribution is 2.24. The van der Waals surface area contributed by atoms with Crippen molar-refractivity contribution in [1.82, 2.24) is 0 Å². The lowest BCUT2D eigenvalue weighted by Crippen LogP contribution is -2.16. The van der Waals surface area contributed by atoms with E-state index in [1.54, 1.807) is 0 Å². The molecule has 0 fully saturated rings. The molecule has 0 radical (unpaired) electrons. The molecule has 1 rings (SSSR count). The number of hydrogen-bond acceptors (Lipinski definition) is 2. The smallest absolute Gasteiger partial charge is 0.136 e. The van der Waals surface area contributed by atoms with Gasteiger partial charge in [0.15, 0.2) is 0 Å². The summed E-state index contributed by atoms with van der Waals surface area (Å²) in [5, 5.41) is 0. The fraction of sp³-hybridized carbons (Fsp3) is 0.800. The van der Waals surface area contributed by atoms with Crippen molar-refractivity contribution in [1.29, 1.82) is 0 Å². The molecule has 0 aromatic heterocycles. The first-order chi connectivity index (χ1) is 5.75. The summed E-state index contributed by atoms with van der Waals surface area (Å²) in [6.45, 7) is 7.78. The zero-order valence-electron chi connectivity index (χ0n) is 8.22. The van der Waals surface area contributed by atoms with Crippen LogP contribution < -0.4 is 0 Å². The highest BCUT2D eigenvalue weighted by Gasteiger charge is 2.17. The summed E-state index contributed by atoms with van der Waals surface area (Å²) in [5.41, 5.74) is 0. The summed E-state index contributed by atoms with van der Waals surface area (Å²) in [6, 6.07) is 0. The van der Waals surface area contributed by atoms with Crippen LogP contribution in [0.3, 0.4) is 0 Å². The summed E-state index contributed by atoms with van der Waals surface area (Å²) in [6.07, 6.45) is 2.37. The Morgan fingerprint density at radius 3 is 2.58 bits per heavy atom. The first-order valence-electron chi connectivity index (χ1n) is 4.72. The summed E-state index contributed by atoms with van der Waals surface area (Å²) in [7, 11) is 0. The van der Waals surface area contributed by atoms with E-state index in [0.717, 1.165) is 11.5 Å². The van der Waals surface area contributed by atoms with E-state index >= 15 is 0 Å². The summed E-state index contributed by atoms with van der Waals surface area (Å²) < 4.78 is 11.0. The van der Waals surface area contributed by atoms with Gasteiger partial charge in [-0.05, 0) is 13.3 Å². The number of hydrogen-bond donors (Lipinski definition) is 0. The Morgan fingerprint density at radius 1 is 1.33 bits per heavy atom.